The molecule has 0 amide bonds. The normalized spacial score (nSPS) is 11.7. The Kier molecular flexibility index (Phi) is 6.18. The summed E-state index contributed by atoms with van der Waals surface area (Å²) in [5.41, 5.74) is 11.4. The number of hydrogen-bond acceptors (Lipinski definition) is 3. The minimum absolute atomic E-state index is 0.878. The number of benzene rings is 8. The summed E-state index contributed by atoms with van der Waals surface area (Å²) >= 11 is 0. The zero-order valence-corrected chi connectivity index (χ0v) is 26.5. The highest BCUT2D eigenvalue weighted by Gasteiger charge is 2.18. The van der Waals surface area contributed by atoms with Gasteiger partial charge in [0.2, 0.25) is 0 Å². The average Bonchev–Trinajstić information content (AvgIpc) is 3.73. The predicted octanol–water partition coefficient (Wildman–Crippen LogP) is 13.4. The van der Waals surface area contributed by atoms with Gasteiger partial charge in [0.1, 0.15) is 22.3 Å². The van der Waals surface area contributed by atoms with E-state index < -0.39 is 0 Å². The number of nitrogens with zero attached hydrogens (tertiary/aromatic N) is 1. The van der Waals surface area contributed by atoms with Crippen molar-refractivity contribution in [3.8, 4) is 22.3 Å². The van der Waals surface area contributed by atoms with Crippen molar-refractivity contribution in [1.82, 2.24) is 0 Å². The highest BCUT2D eigenvalue weighted by atomic mass is 16.3. The van der Waals surface area contributed by atoms with Gasteiger partial charge in [0, 0.05) is 38.6 Å². The van der Waals surface area contributed by atoms with E-state index in [1.165, 1.54) is 21.9 Å². The Balaban J connectivity index is 1.15. The quantitative estimate of drug-likeness (QED) is 0.190. The molecule has 230 valence electrons. The smallest absolute Gasteiger partial charge is 0.136 e. The molecule has 8 aromatic carbocycles. The lowest BCUT2D eigenvalue weighted by Gasteiger charge is -2.26. The van der Waals surface area contributed by atoms with E-state index >= 15 is 0 Å². The van der Waals surface area contributed by atoms with E-state index in [2.05, 4.69) is 157 Å². The molecule has 0 N–H and O–H groups in total. The van der Waals surface area contributed by atoms with Crippen molar-refractivity contribution >= 4 is 71.7 Å². The van der Waals surface area contributed by atoms with E-state index in [4.69, 9.17) is 8.83 Å². The largest absolute Gasteiger partial charge is 0.456 e. The van der Waals surface area contributed by atoms with E-state index in [0.717, 1.165) is 72.1 Å². The summed E-state index contributed by atoms with van der Waals surface area (Å²) in [6.07, 6.45) is 0. The fraction of sp³-hybridized carbons (Fsp3) is 0. The third-order valence-corrected chi connectivity index (χ3v) is 9.66. The molecule has 0 saturated carbocycles. The van der Waals surface area contributed by atoms with Crippen LogP contribution in [0.3, 0.4) is 0 Å². The number of anilines is 3. The number of hydrogen-bond donors (Lipinski definition) is 0. The molecule has 2 heterocycles. The van der Waals surface area contributed by atoms with E-state index in [9.17, 15) is 0 Å². The molecule has 3 nitrogen and oxygen atoms in total. The molecule has 0 saturated heterocycles. The average molecular weight is 628 g/mol. The molecule has 0 aliphatic carbocycles. The standard InChI is InChI=1S/C46H29NO2/c1-2-14-36-30(10-1)11-8-17-37(36)31-22-24-33(25-23-31)47(35-26-27-44-41(29-35)39-15-3-5-19-42(39)48-44)34-13-7-12-32(28-34)38-18-9-21-45-46(38)40-16-4-6-20-43(40)49-45/h1-29H. The molecule has 0 bridgehead atoms. The zero-order valence-electron chi connectivity index (χ0n) is 26.5. The Labute approximate surface area is 282 Å². The van der Waals surface area contributed by atoms with Gasteiger partial charge in [-0.05, 0) is 93.7 Å². The van der Waals surface area contributed by atoms with Crippen LogP contribution in [0.5, 0.6) is 0 Å². The molecule has 0 aliphatic heterocycles. The van der Waals surface area contributed by atoms with Crippen molar-refractivity contribution in [2.45, 2.75) is 0 Å². The summed E-state index contributed by atoms with van der Waals surface area (Å²) in [5.74, 6) is 0. The molecule has 10 aromatic rings. The van der Waals surface area contributed by atoms with Crippen LogP contribution in [-0.4, -0.2) is 0 Å². The van der Waals surface area contributed by atoms with Crippen molar-refractivity contribution in [3.63, 3.8) is 0 Å². The number of para-hydroxylation sites is 2. The zero-order chi connectivity index (χ0) is 32.3. The molecule has 0 spiro atoms. The third-order valence-electron chi connectivity index (χ3n) is 9.66. The highest BCUT2D eigenvalue weighted by molar-refractivity contribution is 6.12. The van der Waals surface area contributed by atoms with Gasteiger partial charge in [0.25, 0.3) is 0 Å². The van der Waals surface area contributed by atoms with Crippen LogP contribution in [-0.2, 0) is 0 Å². The van der Waals surface area contributed by atoms with E-state index in [0.29, 0.717) is 0 Å². The minimum atomic E-state index is 0.878. The summed E-state index contributed by atoms with van der Waals surface area (Å²) < 4.78 is 12.5. The van der Waals surface area contributed by atoms with Crippen LogP contribution in [0.4, 0.5) is 17.1 Å². The van der Waals surface area contributed by atoms with Crippen molar-refractivity contribution in [2.75, 3.05) is 4.90 Å². The first-order chi connectivity index (χ1) is 24.3. The lowest BCUT2D eigenvalue weighted by molar-refractivity contribution is 0.668. The maximum Gasteiger partial charge on any atom is 0.136 e. The monoisotopic (exact) mass is 627 g/mol. The highest BCUT2D eigenvalue weighted by Crippen LogP contribution is 2.42. The molecule has 0 aliphatic rings. The summed E-state index contributed by atoms with van der Waals surface area (Å²) in [5, 5.41) is 6.95. The SMILES string of the molecule is c1cc(-c2cccc3oc4ccccc4c23)cc(N(c2ccc(-c3cccc4ccccc34)cc2)c2ccc3oc4ccccc4c3c2)c1. The molecule has 3 heteroatoms. The van der Waals surface area contributed by atoms with Gasteiger partial charge >= 0.3 is 0 Å². The molecule has 2 aromatic heterocycles. The maximum absolute atomic E-state index is 6.25. The van der Waals surface area contributed by atoms with Gasteiger partial charge in [-0.3, -0.25) is 0 Å². The van der Waals surface area contributed by atoms with Crippen molar-refractivity contribution in [1.29, 1.82) is 0 Å². The van der Waals surface area contributed by atoms with Crippen LogP contribution in [0.2, 0.25) is 0 Å². The Morgan fingerprint density at radius 2 is 0.918 bits per heavy atom. The lowest BCUT2D eigenvalue weighted by Crippen LogP contribution is -2.10. The number of furan rings is 2. The summed E-state index contributed by atoms with van der Waals surface area (Å²) in [4.78, 5) is 2.34. The topological polar surface area (TPSA) is 29.5 Å². The molecule has 0 radical (unpaired) electrons. The van der Waals surface area contributed by atoms with Gasteiger partial charge in [0.15, 0.2) is 0 Å². The van der Waals surface area contributed by atoms with Gasteiger partial charge < -0.3 is 13.7 Å². The first kappa shape index (κ1) is 27.5. The summed E-state index contributed by atoms with van der Waals surface area (Å²) in [6, 6.07) is 62.1. The maximum atomic E-state index is 6.25. The van der Waals surface area contributed by atoms with Gasteiger partial charge in [0.05, 0.1) is 0 Å². The Bertz CT molecular complexity index is 2830. The van der Waals surface area contributed by atoms with Crippen LogP contribution in [0, 0.1) is 0 Å². The first-order valence-corrected chi connectivity index (χ1v) is 16.6. The number of fused-ring (bicyclic) bond motifs is 7. The lowest BCUT2D eigenvalue weighted by atomic mass is 9.97. The predicted molar refractivity (Wildman–Crippen MR) is 204 cm³/mol. The van der Waals surface area contributed by atoms with Gasteiger partial charge in [-0.2, -0.15) is 0 Å². The molecule has 10 rings (SSSR count). The minimum Gasteiger partial charge on any atom is -0.456 e. The van der Waals surface area contributed by atoms with Gasteiger partial charge in [-0.1, -0.05) is 115 Å². The van der Waals surface area contributed by atoms with Gasteiger partial charge in [-0.25, -0.2) is 0 Å². The molecule has 0 fully saturated rings. The third kappa shape index (κ3) is 4.51. The van der Waals surface area contributed by atoms with Crippen molar-refractivity contribution in [3.05, 3.63) is 176 Å². The Morgan fingerprint density at radius 3 is 1.80 bits per heavy atom. The first-order valence-electron chi connectivity index (χ1n) is 16.6. The fourth-order valence-electron chi connectivity index (χ4n) is 7.40. The van der Waals surface area contributed by atoms with Crippen molar-refractivity contribution < 1.29 is 8.83 Å². The van der Waals surface area contributed by atoms with Crippen LogP contribution >= 0.6 is 0 Å². The molecular formula is C46H29NO2. The van der Waals surface area contributed by atoms with Crippen LogP contribution < -0.4 is 4.90 Å². The van der Waals surface area contributed by atoms with Crippen LogP contribution in [0.25, 0.3) is 76.9 Å². The van der Waals surface area contributed by atoms with Gasteiger partial charge in [-0.15, -0.1) is 0 Å². The molecule has 49 heavy (non-hydrogen) atoms. The Hall–Kier alpha value is -6.58. The van der Waals surface area contributed by atoms with Crippen molar-refractivity contribution in [2.24, 2.45) is 0 Å². The summed E-state index contributed by atoms with van der Waals surface area (Å²) in [7, 11) is 0. The Morgan fingerprint density at radius 1 is 0.327 bits per heavy atom. The second-order valence-electron chi connectivity index (χ2n) is 12.5. The van der Waals surface area contributed by atoms with Crippen LogP contribution in [0.15, 0.2) is 185 Å². The van der Waals surface area contributed by atoms with Crippen LogP contribution in [0.1, 0.15) is 0 Å². The second-order valence-corrected chi connectivity index (χ2v) is 12.5. The van der Waals surface area contributed by atoms with E-state index in [1.54, 1.807) is 0 Å². The molecule has 0 atom stereocenters. The fourth-order valence-corrected chi connectivity index (χ4v) is 7.40. The number of rotatable bonds is 5. The van der Waals surface area contributed by atoms with E-state index in [1.807, 2.05) is 24.3 Å². The molecule has 0 unspecified atom stereocenters. The second kappa shape index (κ2) is 11.0. The summed E-state index contributed by atoms with van der Waals surface area (Å²) in [6.45, 7) is 0. The molecular weight excluding hydrogens is 599 g/mol. The van der Waals surface area contributed by atoms with E-state index in [-0.39, 0.29) is 0 Å².